The molecule has 0 aliphatic carbocycles. The number of fused-ring (bicyclic) bond motifs is 1. The molecular formula is C16H17NO2. The molecule has 0 bridgehead atoms. The third-order valence-electron chi connectivity index (χ3n) is 3.46. The Bertz CT molecular complexity index is 554. The van der Waals surface area contributed by atoms with Crippen LogP contribution in [0.2, 0.25) is 0 Å². The predicted molar refractivity (Wildman–Crippen MR) is 74.5 cm³/mol. The normalized spacial score (nSPS) is 14.4. The van der Waals surface area contributed by atoms with Gasteiger partial charge in [0.25, 0.3) is 0 Å². The third-order valence-corrected chi connectivity index (χ3v) is 3.46. The van der Waals surface area contributed by atoms with Gasteiger partial charge in [-0.3, -0.25) is 0 Å². The molecule has 19 heavy (non-hydrogen) atoms. The van der Waals surface area contributed by atoms with Crippen LogP contribution in [0.5, 0.6) is 11.5 Å². The summed E-state index contributed by atoms with van der Waals surface area (Å²) < 4.78 is 10.8. The topological polar surface area (TPSA) is 44.5 Å². The van der Waals surface area contributed by atoms with E-state index in [1.165, 1.54) is 11.1 Å². The van der Waals surface area contributed by atoms with Crippen molar-refractivity contribution in [3.8, 4) is 11.5 Å². The van der Waals surface area contributed by atoms with E-state index in [1.807, 2.05) is 12.1 Å². The van der Waals surface area contributed by atoms with Crippen molar-refractivity contribution in [2.75, 3.05) is 13.3 Å². The van der Waals surface area contributed by atoms with Crippen LogP contribution in [-0.2, 0) is 0 Å². The number of benzene rings is 2. The quantitative estimate of drug-likeness (QED) is 0.913. The van der Waals surface area contributed by atoms with Gasteiger partial charge in [-0.1, -0.05) is 36.4 Å². The summed E-state index contributed by atoms with van der Waals surface area (Å²) in [6, 6.07) is 16.6. The van der Waals surface area contributed by atoms with E-state index < -0.39 is 0 Å². The highest BCUT2D eigenvalue weighted by atomic mass is 16.7. The first-order valence-electron chi connectivity index (χ1n) is 6.53. The highest BCUT2D eigenvalue weighted by Crippen LogP contribution is 2.37. The van der Waals surface area contributed by atoms with Crippen LogP contribution in [0.1, 0.15) is 23.5 Å². The molecule has 0 radical (unpaired) electrons. The summed E-state index contributed by atoms with van der Waals surface area (Å²) in [7, 11) is 0. The van der Waals surface area contributed by atoms with Crippen LogP contribution in [0, 0.1) is 0 Å². The van der Waals surface area contributed by atoms with E-state index in [-0.39, 0.29) is 0 Å². The Morgan fingerprint density at radius 3 is 2.53 bits per heavy atom. The minimum absolute atomic E-state index is 0.306. The second kappa shape index (κ2) is 5.33. The highest BCUT2D eigenvalue weighted by Gasteiger charge is 2.18. The Labute approximate surface area is 113 Å². The summed E-state index contributed by atoms with van der Waals surface area (Å²) in [5, 5.41) is 0. The molecule has 2 aromatic carbocycles. The van der Waals surface area contributed by atoms with E-state index in [0.29, 0.717) is 19.3 Å². The fourth-order valence-corrected chi connectivity index (χ4v) is 2.51. The second-order valence-electron chi connectivity index (χ2n) is 4.65. The van der Waals surface area contributed by atoms with Gasteiger partial charge in [0.1, 0.15) is 0 Å². The van der Waals surface area contributed by atoms with Crippen molar-refractivity contribution in [2.24, 2.45) is 5.73 Å². The minimum atomic E-state index is 0.306. The molecule has 0 saturated heterocycles. The molecule has 1 heterocycles. The molecule has 98 valence electrons. The molecule has 0 spiro atoms. The lowest BCUT2D eigenvalue weighted by atomic mass is 9.88. The van der Waals surface area contributed by atoms with Gasteiger partial charge < -0.3 is 15.2 Å². The zero-order valence-corrected chi connectivity index (χ0v) is 10.7. The molecule has 0 aromatic heterocycles. The Balaban J connectivity index is 1.96. The molecular weight excluding hydrogens is 238 g/mol. The average molecular weight is 255 g/mol. The predicted octanol–water partition coefficient (Wildman–Crippen LogP) is 2.90. The van der Waals surface area contributed by atoms with Gasteiger partial charge in [-0.25, -0.2) is 0 Å². The SMILES string of the molecule is NCCC(c1ccccc1)c1ccc2c(c1)OCO2. The molecule has 1 atom stereocenters. The van der Waals surface area contributed by atoms with Gasteiger partial charge in [-0.2, -0.15) is 0 Å². The maximum atomic E-state index is 5.76. The lowest BCUT2D eigenvalue weighted by Gasteiger charge is -2.17. The smallest absolute Gasteiger partial charge is 0.231 e. The lowest BCUT2D eigenvalue weighted by Crippen LogP contribution is -2.08. The van der Waals surface area contributed by atoms with Crippen LogP contribution in [0.4, 0.5) is 0 Å². The number of hydrogen-bond acceptors (Lipinski definition) is 3. The molecule has 3 nitrogen and oxygen atoms in total. The zero-order valence-electron chi connectivity index (χ0n) is 10.7. The van der Waals surface area contributed by atoms with Crippen LogP contribution >= 0.6 is 0 Å². The number of nitrogens with two attached hydrogens (primary N) is 1. The van der Waals surface area contributed by atoms with Gasteiger partial charge in [0.05, 0.1) is 0 Å². The molecule has 2 aromatic rings. The van der Waals surface area contributed by atoms with Crippen molar-refractivity contribution in [1.29, 1.82) is 0 Å². The second-order valence-corrected chi connectivity index (χ2v) is 4.65. The Morgan fingerprint density at radius 2 is 1.74 bits per heavy atom. The molecule has 3 heteroatoms. The third kappa shape index (κ3) is 2.42. The van der Waals surface area contributed by atoms with E-state index in [4.69, 9.17) is 15.2 Å². The monoisotopic (exact) mass is 255 g/mol. The average Bonchev–Trinajstić information content (AvgIpc) is 2.93. The maximum Gasteiger partial charge on any atom is 0.231 e. The first-order valence-corrected chi connectivity index (χ1v) is 6.53. The first-order chi connectivity index (χ1) is 9.38. The molecule has 1 aliphatic heterocycles. The van der Waals surface area contributed by atoms with Crippen molar-refractivity contribution < 1.29 is 9.47 Å². The van der Waals surface area contributed by atoms with Crippen molar-refractivity contribution in [2.45, 2.75) is 12.3 Å². The largest absolute Gasteiger partial charge is 0.454 e. The molecule has 0 saturated carbocycles. The minimum Gasteiger partial charge on any atom is -0.454 e. The molecule has 2 N–H and O–H groups in total. The summed E-state index contributed by atoms with van der Waals surface area (Å²) in [6.07, 6.45) is 0.920. The van der Waals surface area contributed by atoms with Gasteiger partial charge >= 0.3 is 0 Å². The van der Waals surface area contributed by atoms with Gasteiger partial charge in [0.15, 0.2) is 11.5 Å². The zero-order chi connectivity index (χ0) is 13.1. The van der Waals surface area contributed by atoms with Gasteiger partial charge in [-0.05, 0) is 36.2 Å². The summed E-state index contributed by atoms with van der Waals surface area (Å²) in [4.78, 5) is 0. The summed E-state index contributed by atoms with van der Waals surface area (Å²) in [6.45, 7) is 0.972. The Kier molecular flexibility index (Phi) is 3.38. The molecule has 3 rings (SSSR count). The maximum absolute atomic E-state index is 5.76. The van der Waals surface area contributed by atoms with E-state index in [1.54, 1.807) is 0 Å². The van der Waals surface area contributed by atoms with Crippen molar-refractivity contribution >= 4 is 0 Å². The van der Waals surface area contributed by atoms with Crippen LogP contribution in [0.25, 0.3) is 0 Å². The van der Waals surface area contributed by atoms with E-state index in [2.05, 4.69) is 36.4 Å². The van der Waals surface area contributed by atoms with Gasteiger partial charge in [0.2, 0.25) is 6.79 Å². The summed E-state index contributed by atoms with van der Waals surface area (Å²) in [5.74, 6) is 1.96. The van der Waals surface area contributed by atoms with Gasteiger partial charge in [0, 0.05) is 5.92 Å². The fourth-order valence-electron chi connectivity index (χ4n) is 2.51. The summed E-state index contributed by atoms with van der Waals surface area (Å²) >= 11 is 0. The van der Waals surface area contributed by atoms with E-state index in [9.17, 15) is 0 Å². The fraction of sp³-hybridized carbons (Fsp3) is 0.250. The Hall–Kier alpha value is -2.00. The van der Waals surface area contributed by atoms with Crippen molar-refractivity contribution in [1.82, 2.24) is 0 Å². The lowest BCUT2D eigenvalue weighted by molar-refractivity contribution is 0.174. The van der Waals surface area contributed by atoms with Crippen LogP contribution < -0.4 is 15.2 Å². The van der Waals surface area contributed by atoms with Crippen molar-refractivity contribution in [3.63, 3.8) is 0 Å². The number of hydrogen-bond donors (Lipinski definition) is 1. The highest BCUT2D eigenvalue weighted by molar-refractivity contribution is 5.47. The standard InChI is InChI=1S/C16H17NO2/c17-9-8-14(12-4-2-1-3-5-12)13-6-7-15-16(10-13)19-11-18-15/h1-7,10,14H,8-9,11,17H2. The van der Waals surface area contributed by atoms with Crippen molar-refractivity contribution in [3.05, 3.63) is 59.7 Å². The van der Waals surface area contributed by atoms with E-state index >= 15 is 0 Å². The van der Waals surface area contributed by atoms with Gasteiger partial charge in [-0.15, -0.1) is 0 Å². The summed E-state index contributed by atoms with van der Waals surface area (Å²) in [5.41, 5.74) is 8.27. The van der Waals surface area contributed by atoms with Crippen LogP contribution in [-0.4, -0.2) is 13.3 Å². The van der Waals surface area contributed by atoms with Crippen LogP contribution in [0.15, 0.2) is 48.5 Å². The molecule has 1 aliphatic rings. The molecule has 0 fully saturated rings. The molecule has 0 amide bonds. The van der Waals surface area contributed by atoms with Crippen LogP contribution in [0.3, 0.4) is 0 Å². The number of rotatable bonds is 4. The van der Waals surface area contributed by atoms with E-state index in [0.717, 1.165) is 17.9 Å². The number of ether oxygens (including phenoxy) is 2. The molecule has 1 unspecified atom stereocenters. The Morgan fingerprint density at radius 1 is 0.947 bits per heavy atom. The first kappa shape index (κ1) is 12.1.